The van der Waals surface area contributed by atoms with Gasteiger partial charge in [-0.1, -0.05) is 0 Å². The number of halogens is 3. The van der Waals surface area contributed by atoms with E-state index in [-0.39, 0.29) is 11.3 Å². The number of aromatic nitrogens is 3. The third kappa shape index (κ3) is 1.37. The minimum absolute atomic E-state index is 0.0672. The molecule has 0 spiro atoms. The third-order valence-corrected chi connectivity index (χ3v) is 4.30. The van der Waals surface area contributed by atoms with Gasteiger partial charge in [0.15, 0.2) is 11.5 Å². The van der Waals surface area contributed by atoms with Crippen molar-refractivity contribution in [3.05, 3.63) is 29.9 Å². The zero-order valence-electron chi connectivity index (χ0n) is 6.01. The van der Waals surface area contributed by atoms with E-state index in [0.717, 1.165) is 6.20 Å². The van der Waals surface area contributed by atoms with Gasteiger partial charge in [0, 0.05) is 6.20 Å². The molecule has 0 atom stereocenters. The molecule has 13 heavy (non-hydrogen) atoms. The second-order valence-corrected chi connectivity index (χ2v) is 4.34. The lowest BCUT2D eigenvalue weighted by Crippen LogP contribution is -2.17. The van der Waals surface area contributed by atoms with Gasteiger partial charge in [-0.25, -0.2) is 18.6 Å². The van der Waals surface area contributed by atoms with Crippen LogP contribution in [0.2, 0.25) is 0 Å². The van der Waals surface area contributed by atoms with Crippen LogP contribution in [0.5, 0.6) is 0 Å². The third-order valence-electron chi connectivity index (χ3n) is 1.52. The summed E-state index contributed by atoms with van der Waals surface area (Å²) in [5.74, 6) is -0.527. The van der Waals surface area contributed by atoms with Crippen LogP contribution >= 0.6 is 45.2 Å². The number of nitrogens with one attached hydrogen (secondary N) is 1. The molecule has 0 radical (unpaired) electrons. The fraction of sp³-hybridized carbons (Fsp3) is 0. The Morgan fingerprint density at radius 2 is 2.23 bits per heavy atom. The van der Waals surface area contributed by atoms with E-state index in [1.807, 2.05) is 45.2 Å². The highest BCUT2D eigenvalue weighted by atomic mass is 127. The van der Waals surface area contributed by atoms with Crippen molar-refractivity contribution >= 4 is 50.8 Å². The molecule has 0 fully saturated rings. The van der Waals surface area contributed by atoms with Gasteiger partial charge in [0.2, 0.25) is 0 Å². The molecule has 0 aliphatic heterocycles. The van der Waals surface area contributed by atoms with Gasteiger partial charge >= 0.3 is 5.69 Å². The first-order chi connectivity index (χ1) is 6.11. The quantitative estimate of drug-likeness (QED) is 0.674. The van der Waals surface area contributed by atoms with Crippen LogP contribution in [0.4, 0.5) is 4.39 Å². The Bertz CT molecular complexity index is 532. The molecule has 2 aromatic heterocycles. The van der Waals surface area contributed by atoms with Crippen molar-refractivity contribution in [1.82, 2.24) is 14.4 Å². The summed E-state index contributed by atoms with van der Waals surface area (Å²) in [5, 5.41) is 0. The normalized spacial score (nSPS) is 11.0. The van der Waals surface area contributed by atoms with Gasteiger partial charge in [0.05, 0.1) is 0 Å². The maximum absolute atomic E-state index is 13.1. The van der Waals surface area contributed by atoms with Crippen LogP contribution in [0.3, 0.4) is 0 Å². The Hall–Kier alpha value is -0.190. The van der Waals surface area contributed by atoms with Crippen molar-refractivity contribution in [2.75, 3.05) is 0 Å². The number of rotatable bonds is 0. The topological polar surface area (TPSA) is 50.2 Å². The Kier molecular flexibility index (Phi) is 2.30. The van der Waals surface area contributed by atoms with Gasteiger partial charge in [-0.05, 0) is 45.2 Å². The summed E-state index contributed by atoms with van der Waals surface area (Å²) in [7, 11) is 0. The Labute approximate surface area is 98.8 Å². The minimum Gasteiger partial charge on any atom is -0.311 e. The molecule has 4 nitrogen and oxygen atoms in total. The van der Waals surface area contributed by atoms with Crippen LogP contribution in [0.25, 0.3) is 5.65 Å². The minimum atomic E-state index is -0.527. The number of fused-ring (bicyclic) bond motifs is 1. The second-order valence-electron chi connectivity index (χ2n) is 2.29. The summed E-state index contributed by atoms with van der Waals surface area (Å²) < 4.78 is 15.5. The average Bonchev–Trinajstić information content (AvgIpc) is 2.38. The molecule has 0 aliphatic carbocycles. The van der Waals surface area contributed by atoms with Crippen molar-refractivity contribution in [3.63, 3.8) is 0 Å². The highest BCUT2D eigenvalue weighted by Crippen LogP contribution is 2.15. The summed E-state index contributed by atoms with van der Waals surface area (Å²) in [6.45, 7) is 0. The summed E-state index contributed by atoms with van der Waals surface area (Å²) >= 11 is 3.90. The summed E-state index contributed by atoms with van der Waals surface area (Å²) in [6.07, 6.45) is 1.01. The van der Waals surface area contributed by atoms with Gasteiger partial charge in [0.25, 0.3) is 0 Å². The summed E-state index contributed by atoms with van der Waals surface area (Å²) in [6, 6.07) is 0. The van der Waals surface area contributed by atoms with Gasteiger partial charge < -0.3 is 4.98 Å². The van der Waals surface area contributed by atoms with Crippen LogP contribution in [0.1, 0.15) is 0 Å². The smallest absolute Gasteiger partial charge is 0.311 e. The van der Waals surface area contributed by atoms with Crippen molar-refractivity contribution in [2.24, 2.45) is 0 Å². The molecule has 2 rings (SSSR count). The van der Waals surface area contributed by atoms with Crippen molar-refractivity contribution in [1.29, 1.82) is 0 Å². The van der Waals surface area contributed by atoms with Crippen molar-refractivity contribution in [2.45, 2.75) is 0 Å². The molecule has 0 amide bonds. The van der Waals surface area contributed by atoms with Crippen LogP contribution in [-0.4, -0.2) is 14.4 Å². The lowest BCUT2D eigenvalue weighted by molar-refractivity contribution is 0.618. The van der Waals surface area contributed by atoms with Gasteiger partial charge in [-0.2, -0.15) is 0 Å². The van der Waals surface area contributed by atoms with E-state index in [1.54, 1.807) is 0 Å². The summed E-state index contributed by atoms with van der Waals surface area (Å²) in [4.78, 5) is 17.5. The number of nitrogens with zero attached hydrogens (tertiary/aromatic N) is 2. The molecule has 0 unspecified atom stereocenters. The first-order valence-corrected chi connectivity index (χ1v) is 5.37. The zero-order valence-corrected chi connectivity index (χ0v) is 10.3. The molecule has 1 N–H and O–H groups in total. The van der Waals surface area contributed by atoms with Crippen LogP contribution in [-0.2, 0) is 0 Å². The van der Waals surface area contributed by atoms with Gasteiger partial charge in [-0.15, -0.1) is 0 Å². The fourth-order valence-electron chi connectivity index (χ4n) is 0.974. The zero-order chi connectivity index (χ0) is 9.59. The number of hydrogen-bond donors (Lipinski definition) is 1. The molecule has 0 saturated heterocycles. The van der Waals surface area contributed by atoms with E-state index in [0.29, 0.717) is 7.40 Å². The molecule has 68 valence electrons. The Morgan fingerprint density at radius 3 is 2.85 bits per heavy atom. The lowest BCUT2D eigenvalue weighted by Gasteiger charge is -1.93. The van der Waals surface area contributed by atoms with Gasteiger partial charge in [-0.3, -0.25) is 0 Å². The first-order valence-electron chi connectivity index (χ1n) is 3.22. The molecule has 2 heterocycles. The molecule has 7 heteroatoms. The highest BCUT2D eigenvalue weighted by Gasteiger charge is 2.12. The number of aromatic amines is 1. The molecule has 0 aromatic carbocycles. The van der Waals surface area contributed by atoms with Crippen LogP contribution in [0, 0.1) is 13.2 Å². The fourth-order valence-corrected chi connectivity index (χ4v) is 2.01. The summed E-state index contributed by atoms with van der Waals surface area (Å²) in [5.41, 5.74) is -0.311. The molecule has 0 aliphatic rings. The monoisotopic (exact) mass is 405 g/mol. The number of H-pyrrole nitrogens is 1. The van der Waals surface area contributed by atoms with Crippen molar-refractivity contribution < 1.29 is 4.39 Å². The first kappa shape index (κ1) is 9.37. The Morgan fingerprint density at radius 1 is 1.54 bits per heavy atom. The maximum Gasteiger partial charge on any atom is 0.332 e. The molecule has 0 saturated carbocycles. The van der Waals surface area contributed by atoms with E-state index in [1.165, 1.54) is 4.40 Å². The maximum atomic E-state index is 13.1. The van der Waals surface area contributed by atoms with Crippen LogP contribution in [0.15, 0.2) is 11.0 Å². The molecule has 2 aromatic rings. The van der Waals surface area contributed by atoms with E-state index < -0.39 is 5.82 Å². The predicted molar refractivity (Wildman–Crippen MR) is 61.2 cm³/mol. The molecular weight excluding hydrogens is 403 g/mol. The van der Waals surface area contributed by atoms with E-state index in [9.17, 15) is 9.18 Å². The number of hydrogen-bond acceptors (Lipinski definition) is 2. The SMILES string of the molecule is O=c1[nH]cc(F)c2nc(I)c(I)n12. The molecule has 0 bridgehead atoms. The number of imidazole rings is 1. The Balaban J connectivity index is 3.09. The van der Waals surface area contributed by atoms with Crippen molar-refractivity contribution in [3.8, 4) is 0 Å². The standard InChI is InChI=1S/C6H2FI2N3O/c7-2-1-10-6(13)12-4(9)3(8)11-5(2)12/h1H,(H,10,13). The molecular formula is C6H2FI2N3O. The highest BCUT2D eigenvalue weighted by molar-refractivity contribution is 14.1. The van der Waals surface area contributed by atoms with E-state index in [4.69, 9.17) is 0 Å². The predicted octanol–water partition coefficient (Wildman–Crippen LogP) is 1.37. The second kappa shape index (κ2) is 3.19. The van der Waals surface area contributed by atoms with E-state index in [2.05, 4.69) is 9.97 Å². The largest absolute Gasteiger partial charge is 0.332 e. The lowest BCUT2D eigenvalue weighted by atomic mass is 10.6. The van der Waals surface area contributed by atoms with Crippen LogP contribution < -0.4 is 5.69 Å². The van der Waals surface area contributed by atoms with E-state index >= 15 is 0 Å². The average molecular weight is 405 g/mol. The van der Waals surface area contributed by atoms with Gasteiger partial charge in [0.1, 0.15) is 7.40 Å².